The summed E-state index contributed by atoms with van der Waals surface area (Å²) in [5.74, 6) is -0.111. The van der Waals surface area contributed by atoms with E-state index in [4.69, 9.17) is 4.74 Å². The van der Waals surface area contributed by atoms with E-state index in [9.17, 15) is 4.79 Å². The first-order valence-electron chi connectivity index (χ1n) is 3.58. The monoisotopic (exact) mass is 142 g/mol. The van der Waals surface area contributed by atoms with Crippen LogP contribution in [0.2, 0.25) is 0 Å². The van der Waals surface area contributed by atoms with Gasteiger partial charge in [0.1, 0.15) is 6.61 Å². The Kier molecular flexibility index (Phi) is 5.83. The molecule has 0 aliphatic carbocycles. The molecular weight excluding hydrogens is 128 g/mol. The second-order valence-corrected chi connectivity index (χ2v) is 2.00. The predicted molar refractivity (Wildman–Crippen MR) is 40.7 cm³/mol. The SMILES string of the molecule is C/C=C\COC(=O)CCC. The molecule has 0 rings (SSSR count). The van der Waals surface area contributed by atoms with Gasteiger partial charge < -0.3 is 4.74 Å². The van der Waals surface area contributed by atoms with Gasteiger partial charge in [0.15, 0.2) is 0 Å². The predicted octanol–water partition coefficient (Wildman–Crippen LogP) is 1.91. The van der Waals surface area contributed by atoms with Crippen molar-refractivity contribution in [3.63, 3.8) is 0 Å². The van der Waals surface area contributed by atoms with Crippen LogP contribution in [0.25, 0.3) is 0 Å². The Morgan fingerprint density at radius 1 is 1.60 bits per heavy atom. The zero-order valence-corrected chi connectivity index (χ0v) is 6.59. The van der Waals surface area contributed by atoms with Crippen molar-refractivity contribution in [2.24, 2.45) is 0 Å². The van der Waals surface area contributed by atoms with Crippen LogP contribution in [-0.4, -0.2) is 12.6 Å². The molecule has 0 fully saturated rings. The van der Waals surface area contributed by atoms with Crippen molar-refractivity contribution in [3.05, 3.63) is 12.2 Å². The molecule has 0 atom stereocenters. The third-order valence-corrected chi connectivity index (χ3v) is 1.03. The summed E-state index contributed by atoms with van der Waals surface area (Å²) in [5.41, 5.74) is 0. The maximum absolute atomic E-state index is 10.7. The number of carbonyl (C=O) groups excluding carboxylic acids is 1. The number of rotatable bonds is 4. The van der Waals surface area contributed by atoms with Crippen LogP contribution < -0.4 is 0 Å². The standard InChI is InChI=1S/C8H14O2/c1-3-5-7-10-8(9)6-4-2/h3,5H,4,6-7H2,1-2H3/b5-3-. The molecule has 0 radical (unpaired) electrons. The van der Waals surface area contributed by atoms with Crippen LogP contribution in [0.15, 0.2) is 12.2 Å². The normalized spacial score (nSPS) is 10.2. The lowest BCUT2D eigenvalue weighted by Gasteiger charge is -1.97. The van der Waals surface area contributed by atoms with Crippen LogP contribution in [0.3, 0.4) is 0 Å². The van der Waals surface area contributed by atoms with Crippen LogP contribution in [0.5, 0.6) is 0 Å². The van der Waals surface area contributed by atoms with Gasteiger partial charge in [0.05, 0.1) is 0 Å². The average Bonchev–Trinajstić information content (AvgIpc) is 1.89. The molecule has 58 valence electrons. The van der Waals surface area contributed by atoms with E-state index >= 15 is 0 Å². The Bertz CT molecular complexity index is 116. The molecule has 0 aromatic carbocycles. The van der Waals surface area contributed by atoms with Gasteiger partial charge in [-0.25, -0.2) is 0 Å². The first kappa shape index (κ1) is 9.21. The van der Waals surface area contributed by atoms with E-state index in [0.717, 1.165) is 6.42 Å². The molecule has 0 N–H and O–H groups in total. The molecule has 0 amide bonds. The molecule has 0 aliphatic heterocycles. The molecule has 0 unspecified atom stereocenters. The van der Waals surface area contributed by atoms with E-state index in [1.54, 1.807) is 0 Å². The van der Waals surface area contributed by atoms with Gasteiger partial charge in [-0.3, -0.25) is 4.79 Å². The smallest absolute Gasteiger partial charge is 0.306 e. The highest BCUT2D eigenvalue weighted by Crippen LogP contribution is 1.90. The fraction of sp³-hybridized carbons (Fsp3) is 0.625. The number of allylic oxidation sites excluding steroid dienone is 1. The van der Waals surface area contributed by atoms with Gasteiger partial charge in [0, 0.05) is 6.42 Å². The van der Waals surface area contributed by atoms with E-state index in [-0.39, 0.29) is 5.97 Å². The second kappa shape index (κ2) is 6.33. The van der Waals surface area contributed by atoms with Crippen molar-refractivity contribution >= 4 is 5.97 Å². The summed E-state index contributed by atoms with van der Waals surface area (Å²) >= 11 is 0. The Labute approximate surface area is 61.9 Å². The number of esters is 1. The maximum atomic E-state index is 10.7. The van der Waals surface area contributed by atoms with E-state index < -0.39 is 0 Å². The van der Waals surface area contributed by atoms with Crippen molar-refractivity contribution in [1.29, 1.82) is 0 Å². The molecule has 2 heteroatoms. The van der Waals surface area contributed by atoms with Crippen LogP contribution in [0.4, 0.5) is 0 Å². The lowest BCUT2D eigenvalue weighted by atomic mass is 10.3. The van der Waals surface area contributed by atoms with Gasteiger partial charge >= 0.3 is 5.97 Å². The molecule has 0 aromatic rings. The Balaban J connectivity index is 3.21. The maximum Gasteiger partial charge on any atom is 0.306 e. The minimum absolute atomic E-state index is 0.111. The third-order valence-electron chi connectivity index (χ3n) is 1.03. The number of ether oxygens (including phenoxy) is 1. The summed E-state index contributed by atoms with van der Waals surface area (Å²) in [6.45, 7) is 4.26. The minimum Gasteiger partial charge on any atom is -0.461 e. The molecule has 0 spiro atoms. The lowest BCUT2D eigenvalue weighted by Crippen LogP contribution is -2.02. The van der Waals surface area contributed by atoms with E-state index in [1.165, 1.54) is 0 Å². The Hall–Kier alpha value is -0.790. The first-order valence-corrected chi connectivity index (χ1v) is 3.58. The molecule has 0 saturated carbocycles. The molecule has 0 saturated heterocycles. The number of hydrogen-bond donors (Lipinski definition) is 0. The van der Waals surface area contributed by atoms with Crippen molar-refractivity contribution in [1.82, 2.24) is 0 Å². The number of hydrogen-bond acceptors (Lipinski definition) is 2. The summed E-state index contributed by atoms with van der Waals surface area (Å²) in [4.78, 5) is 10.7. The summed E-state index contributed by atoms with van der Waals surface area (Å²) in [6, 6.07) is 0. The molecule has 2 nitrogen and oxygen atoms in total. The van der Waals surface area contributed by atoms with Gasteiger partial charge in [-0.2, -0.15) is 0 Å². The molecule has 0 aliphatic rings. The third kappa shape index (κ3) is 5.35. The van der Waals surface area contributed by atoms with Crippen molar-refractivity contribution in [2.45, 2.75) is 26.7 Å². The van der Waals surface area contributed by atoms with Crippen molar-refractivity contribution < 1.29 is 9.53 Å². The summed E-state index contributed by atoms with van der Waals surface area (Å²) in [7, 11) is 0. The average molecular weight is 142 g/mol. The van der Waals surface area contributed by atoms with E-state index in [0.29, 0.717) is 13.0 Å². The zero-order valence-electron chi connectivity index (χ0n) is 6.59. The Morgan fingerprint density at radius 3 is 2.80 bits per heavy atom. The molecular formula is C8H14O2. The molecule has 0 bridgehead atoms. The second-order valence-electron chi connectivity index (χ2n) is 2.00. The van der Waals surface area contributed by atoms with Crippen LogP contribution in [0, 0.1) is 0 Å². The number of carbonyl (C=O) groups is 1. The summed E-state index contributed by atoms with van der Waals surface area (Å²) < 4.78 is 4.80. The van der Waals surface area contributed by atoms with Crippen molar-refractivity contribution in [3.8, 4) is 0 Å². The van der Waals surface area contributed by atoms with Crippen molar-refractivity contribution in [2.75, 3.05) is 6.61 Å². The van der Waals surface area contributed by atoms with Gasteiger partial charge in [-0.05, 0) is 13.3 Å². The van der Waals surface area contributed by atoms with E-state index in [2.05, 4.69) is 0 Å². The van der Waals surface area contributed by atoms with Crippen LogP contribution >= 0.6 is 0 Å². The summed E-state index contributed by atoms with van der Waals surface area (Å²) in [5, 5.41) is 0. The highest BCUT2D eigenvalue weighted by Gasteiger charge is 1.96. The molecule has 10 heavy (non-hydrogen) atoms. The van der Waals surface area contributed by atoms with Crippen LogP contribution in [-0.2, 0) is 9.53 Å². The first-order chi connectivity index (χ1) is 4.81. The highest BCUT2D eigenvalue weighted by molar-refractivity contribution is 5.69. The molecule has 0 heterocycles. The largest absolute Gasteiger partial charge is 0.461 e. The Morgan fingerprint density at radius 2 is 2.30 bits per heavy atom. The summed E-state index contributed by atoms with van der Waals surface area (Å²) in [6.07, 6.45) is 5.05. The lowest BCUT2D eigenvalue weighted by molar-refractivity contribution is -0.142. The van der Waals surface area contributed by atoms with Gasteiger partial charge in [0.25, 0.3) is 0 Å². The van der Waals surface area contributed by atoms with Gasteiger partial charge in [0.2, 0.25) is 0 Å². The highest BCUT2D eigenvalue weighted by atomic mass is 16.5. The van der Waals surface area contributed by atoms with Gasteiger partial charge in [-0.1, -0.05) is 19.1 Å². The van der Waals surface area contributed by atoms with Crippen LogP contribution in [0.1, 0.15) is 26.7 Å². The fourth-order valence-corrected chi connectivity index (χ4v) is 0.514. The fourth-order valence-electron chi connectivity index (χ4n) is 0.514. The topological polar surface area (TPSA) is 26.3 Å². The van der Waals surface area contributed by atoms with Gasteiger partial charge in [-0.15, -0.1) is 0 Å². The van der Waals surface area contributed by atoms with E-state index in [1.807, 2.05) is 26.0 Å². The minimum atomic E-state index is -0.111. The quantitative estimate of drug-likeness (QED) is 0.442. The molecule has 0 aromatic heterocycles. The zero-order chi connectivity index (χ0) is 7.82.